The minimum Gasteiger partial charge on any atom is -0.480 e. The molecule has 2 aliphatic rings. The average molecular weight is 274 g/mol. The highest BCUT2D eigenvalue weighted by Gasteiger charge is 2.42. The second-order valence-electron chi connectivity index (χ2n) is 5.58. The molecule has 1 N–H and O–H groups in total. The largest absolute Gasteiger partial charge is 0.480 e. The van der Waals surface area contributed by atoms with Crippen molar-refractivity contribution in [3.63, 3.8) is 0 Å². The van der Waals surface area contributed by atoms with E-state index in [1.54, 1.807) is 12.1 Å². The molecule has 20 heavy (non-hydrogen) atoms. The monoisotopic (exact) mass is 274 g/mol. The Morgan fingerprint density at radius 3 is 2.55 bits per heavy atom. The number of aliphatic carboxylic acids is 1. The van der Waals surface area contributed by atoms with Gasteiger partial charge in [-0.1, -0.05) is 18.2 Å². The molecule has 1 heterocycles. The summed E-state index contributed by atoms with van der Waals surface area (Å²) in [7, 11) is 0. The molecular formula is C15H18N2O3. The van der Waals surface area contributed by atoms with Gasteiger partial charge in [0.1, 0.15) is 6.54 Å². The Hall–Kier alpha value is -2.04. The molecule has 5 heteroatoms. The summed E-state index contributed by atoms with van der Waals surface area (Å²) >= 11 is 0. The fraction of sp³-hybridized carbons (Fsp3) is 0.467. The van der Waals surface area contributed by atoms with Gasteiger partial charge in [0.2, 0.25) is 0 Å². The molecule has 106 valence electrons. The number of hydrogen-bond acceptors (Lipinski definition) is 2. The van der Waals surface area contributed by atoms with Crippen LogP contribution in [0.1, 0.15) is 19.3 Å². The zero-order valence-electron chi connectivity index (χ0n) is 11.2. The van der Waals surface area contributed by atoms with Crippen LogP contribution >= 0.6 is 0 Å². The number of piperidine rings is 1. The number of rotatable bonds is 3. The van der Waals surface area contributed by atoms with Crippen LogP contribution < -0.4 is 4.90 Å². The summed E-state index contributed by atoms with van der Waals surface area (Å²) in [4.78, 5) is 26.9. The molecule has 2 atom stereocenters. The van der Waals surface area contributed by atoms with E-state index in [-0.39, 0.29) is 12.6 Å². The molecule has 1 aliphatic heterocycles. The second-order valence-corrected chi connectivity index (χ2v) is 5.58. The van der Waals surface area contributed by atoms with E-state index in [0.717, 1.165) is 19.4 Å². The van der Waals surface area contributed by atoms with E-state index >= 15 is 0 Å². The normalized spacial score (nSPS) is 23.9. The van der Waals surface area contributed by atoms with E-state index in [0.29, 0.717) is 17.6 Å². The van der Waals surface area contributed by atoms with Gasteiger partial charge in [-0.15, -0.1) is 0 Å². The lowest BCUT2D eigenvalue weighted by Gasteiger charge is -2.32. The molecule has 0 spiro atoms. The van der Waals surface area contributed by atoms with Crippen molar-refractivity contribution in [1.82, 2.24) is 4.90 Å². The highest BCUT2D eigenvalue weighted by Crippen LogP contribution is 2.38. The van der Waals surface area contributed by atoms with Crippen molar-refractivity contribution in [2.45, 2.75) is 25.3 Å². The van der Waals surface area contributed by atoms with E-state index in [1.807, 2.05) is 23.1 Å². The van der Waals surface area contributed by atoms with Crippen molar-refractivity contribution in [3.8, 4) is 0 Å². The molecule has 5 nitrogen and oxygen atoms in total. The molecular weight excluding hydrogens is 256 g/mol. The first kappa shape index (κ1) is 13.0. The van der Waals surface area contributed by atoms with Crippen molar-refractivity contribution in [2.24, 2.45) is 5.92 Å². The van der Waals surface area contributed by atoms with Crippen LogP contribution in [0.25, 0.3) is 0 Å². The first-order valence-electron chi connectivity index (χ1n) is 7.00. The molecule has 1 aromatic rings. The third kappa shape index (κ3) is 2.35. The molecule has 0 radical (unpaired) electrons. The maximum absolute atomic E-state index is 12.7. The highest BCUT2D eigenvalue weighted by molar-refractivity contribution is 5.96. The lowest BCUT2D eigenvalue weighted by atomic mass is 10.1. The molecule has 2 amide bonds. The highest BCUT2D eigenvalue weighted by atomic mass is 16.4. The van der Waals surface area contributed by atoms with Crippen molar-refractivity contribution in [1.29, 1.82) is 0 Å². The number of carbonyl (C=O) groups is 2. The quantitative estimate of drug-likeness (QED) is 0.919. The number of hydrogen-bond donors (Lipinski definition) is 1. The topological polar surface area (TPSA) is 60.9 Å². The number of urea groups is 1. The third-order valence-electron chi connectivity index (χ3n) is 4.25. The smallest absolute Gasteiger partial charge is 0.325 e. The van der Waals surface area contributed by atoms with Crippen LogP contribution in [0.15, 0.2) is 30.3 Å². The van der Waals surface area contributed by atoms with E-state index in [9.17, 15) is 9.59 Å². The molecule has 2 bridgehead atoms. The van der Waals surface area contributed by atoms with Crippen LogP contribution in [-0.4, -0.2) is 41.1 Å². The predicted molar refractivity (Wildman–Crippen MR) is 74.7 cm³/mol. The SMILES string of the molecule is O=C(O)CN(C(=O)N1CC2CCC1C2)c1ccccc1. The van der Waals surface area contributed by atoms with Crippen LogP contribution in [0, 0.1) is 5.92 Å². The van der Waals surface area contributed by atoms with Gasteiger partial charge in [-0.25, -0.2) is 4.79 Å². The number of amides is 2. The van der Waals surface area contributed by atoms with Gasteiger partial charge in [-0.05, 0) is 37.3 Å². The van der Waals surface area contributed by atoms with Gasteiger partial charge in [0.15, 0.2) is 0 Å². The van der Waals surface area contributed by atoms with E-state index in [1.165, 1.54) is 11.3 Å². The second kappa shape index (κ2) is 5.15. The first-order chi connectivity index (χ1) is 9.65. The number of likely N-dealkylation sites (tertiary alicyclic amines) is 1. The van der Waals surface area contributed by atoms with Crippen LogP contribution in [-0.2, 0) is 4.79 Å². The van der Waals surface area contributed by atoms with Gasteiger partial charge < -0.3 is 10.0 Å². The Kier molecular flexibility index (Phi) is 3.34. The molecule has 1 aliphatic carbocycles. The summed E-state index contributed by atoms with van der Waals surface area (Å²) in [5, 5.41) is 9.06. The van der Waals surface area contributed by atoms with Crippen molar-refractivity contribution >= 4 is 17.7 Å². The number of carbonyl (C=O) groups excluding carboxylic acids is 1. The molecule has 2 unspecified atom stereocenters. The number of nitrogens with zero attached hydrogens (tertiary/aromatic N) is 2. The van der Waals surface area contributed by atoms with Crippen LogP contribution in [0.3, 0.4) is 0 Å². The number of anilines is 1. The number of benzene rings is 1. The summed E-state index contributed by atoms with van der Waals surface area (Å²) in [5.41, 5.74) is 0.641. The number of fused-ring (bicyclic) bond motifs is 2. The Morgan fingerprint density at radius 1 is 1.25 bits per heavy atom. The summed E-state index contributed by atoms with van der Waals surface area (Å²) < 4.78 is 0. The van der Waals surface area contributed by atoms with Crippen molar-refractivity contribution in [3.05, 3.63) is 30.3 Å². The molecule has 0 aromatic heterocycles. The van der Waals surface area contributed by atoms with Gasteiger partial charge in [-0.2, -0.15) is 0 Å². The maximum atomic E-state index is 12.7. The summed E-state index contributed by atoms with van der Waals surface area (Å²) in [6.45, 7) is 0.475. The lowest BCUT2D eigenvalue weighted by Crippen LogP contribution is -2.48. The van der Waals surface area contributed by atoms with Crippen molar-refractivity contribution in [2.75, 3.05) is 18.0 Å². The zero-order valence-corrected chi connectivity index (χ0v) is 11.2. The molecule has 1 aromatic carbocycles. The van der Waals surface area contributed by atoms with E-state index in [2.05, 4.69) is 0 Å². The summed E-state index contributed by atoms with van der Waals surface area (Å²) in [6, 6.07) is 9.15. The number of carboxylic acids is 1. The first-order valence-corrected chi connectivity index (χ1v) is 7.00. The standard InChI is InChI=1S/C15H18N2O3/c18-14(19)10-17(12-4-2-1-3-5-12)15(20)16-9-11-6-7-13(16)8-11/h1-5,11,13H,6-10H2,(H,18,19). The van der Waals surface area contributed by atoms with Crippen LogP contribution in [0.2, 0.25) is 0 Å². The summed E-state index contributed by atoms with van der Waals surface area (Å²) in [6.07, 6.45) is 3.31. The molecule has 3 rings (SSSR count). The molecule has 1 saturated heterocycles. The number of para-hydroxylation sites is 1. The Morgan fingerprint density at radius 2 is 2.00 bits per heavy atom. The van der Waals surface area contributed by atoms with Crippen LogP contribution in [0.4, 0.5) is 10.5 Å². The number of carboxylic acid groups (broad SMARTS) is 1. The average Bonchev–Trinajstić information content (AvgIpc) is 3.07. The van der Waals surface area contributed by atoms with E-state index < -0.39 is 5.97 Å². The van der Waals surface area contributed by atoms with Crippen molar-refractivity contribution < 1.29 is 14.7 Å². The Labute approximate surface area is 117 Å². The summed E-state index contributed by atoms with van der Waals surface area (Å²) in [5.74, 6) is -0.391. The molecule has 1 saturated carbocycles. The van der Waals surface area contributed by atoms with Gasteiger partial charge in [0.05, 0.1) is 0 Å². The maximum Gasteiger partial charge on any atom is 0.325 e. The minimum absolute atomic E-state index is 0.175. The van der Waals surface area contributed by atoms with Gasteiger partial charge >= 0.3 is 12.0 Å². The van der Waals surface area contributed by atoms with E-state index in [4.69, 9.17) is 5.11 Å². The van der Waals surface area contributed by atoms with Gasteiger partial charge in [0, 0.05) is 18.3 Å². The van der Waals surface area contributed by atoms with Gasteiger partial charge in [0.25, 0.3) is 0 Å². The zero-order chi connectivity index (χ0) is 14.1. The predicted octanol–water partition coefficient (Wildman–Crippen LogP) is 2.18. The van der Waals surface area contributed by atoms with Gasteiger partial charge in [-0.3, -0.25) is 9.69 Å². The third-order valence-corrected chi connectivity index (χ3v) is 4.25. The fourth-order valence-corrected chi connectivity index (χ4v) is 3.33. The lowest BCUT2D eigenvalue weighted by molar-refractivity contribution is -0.135. The molecule has 2 fully saturated rings. The minimum atomic E-state index is -0.994. The Bertz CT molecular complexity index is 517. The fourth-order valence-electron chi connectivity index (χ4n) is 3.33. The van der Waals surface area contributed by atoms with Crippen LogP contribution in [0.5, 0.6) is 0 Å². The Balaban J connectivity index is 1.82.